The molecule has 3 rings (SSSR count). The quantitative estimate of drug-likeness (QED) is 0.418. The molecule has 0 saturated carbocycles. The molecular weight excluding hydrogens is 338 g/mol. The maximum absolute atomic E-state index is 12.1. The monoisotopic (exact) mass is 357 g/mol. The average Bonchev–Trinajstić information content (AvgIpc) is 2.97. The normalized spacial score (nSPS) is 34.3. The van der Waals surface area contributed by atoms with Gasteiger partial charge in [-0.15, -0.1) is 11.8 Å². The zero-order chi connectivity index (χ0) is 17.8. The highest BCUT2D eigenvalue weighted by Gasteiger charge is 2.57. The summed E-state index contributed by atoms with van der Waals surface area (Å²) < 4.78 is 0. The van der Waals surface area contributed by atoms with Crippen LogP contribution in [0.15, 0.2) is 10.6 Å². The van der Waals surface area contributed by atoms with Gasteiger partial charge in [0.25, 0.3) is 0 Å². The molecule has 0 aromatic carbocycles. The number of hydrogen-bond acceptors (Lipinski definition) is 7. The van der Waals surface area contributed by atoms with Gasteiger partial charge in [-0.05, 0) is 13.3 Å². The molecule has 0 radical (unpaired) electrons. The Kier molecular flexibility index (Phi) is 4.32. The molecule has 0 aliphatic carbocycles. The third kappa shape index (κ3) is 2.59. The second kappa shape index (κ2) is 6.03. The summed E-state index contributed by atoms with van der Waals surface area (Å²) in [4.78, 5) is 38.5. The number of carbonyl (C=O) groups excluding carboxylic acids is 2. The van der Waals surface area contributed by atoms with Crippen molar-refractivity contribution in [2.45, 2.75) is 37.0 Å². The van der Waals surface area contributed by atoms with Crippen molar-refractivity contribution >= 4 is 29.5 Å². The van der Waals surface area contributed by atoms with E-state index in [4.69, 9.17) is 5.73 Å². The van der Waals surface area contributed by atoms with E-state index >= 15 is 0 Å². The number of thioether (sulfide) groups is 1. The first-order chi connectivity index (χ1) is 11.2. The molecule has 5 atom stereocenters. The van der Waals surface area contributed by atoms with Crippen molar-refractivity contribution in [3.63, 3.8) is 0 Å². The number of nitrogens with zero attached hydrogens (tertiary/aromatic N) is 2. The number of fused-ring (bicyclic) bond motifs is 1. The van der Waals surface area contributed by atoms with E-state index in [1.807, 2.05) is 0 Å². The number of aliphatic hydroxyl groups excluding tert-OH is 2. The van der Waals surface area contributed by atoms with Gasteiger partial charge in [0.05, 0.1) is 24.2 Å². The fourth-order valence-electron chi connectivity index (χ4n) is 3.50. The minimum absolute atomic E-state index is 0.114. The van der Waals surface area contributed by atoms with E-state index in [1.165, 1.54) is 23.6 Å². The molecule has 0 spiro atoms. The topological polar surface area (TPSA) is 144 Å². The van der Waals surface area contributed by atoms with Crippen molar-refractivity contribution in [2.24, 2.45) is 11.7 Å². The summed E-state index contributed by atoms with van der Waals surface area (Å²) >= 11 is 1.21. The predicted octanol–water partition coefficient (Wildman–Crippen LogP) is -1.88. The van der Waals surface area contributed by atoms with Gasteiger partial charge in [0.2, 0.25) is 11.8 Å². The van der Waals surface area contributed by atoms with Gasteiger partial charge in [0.15, 0.2) is 0 Å². The summed E-state index contributed by atoms with van der Waals surface area (Å²) in [5, 5.41) is 28.5. The highest BCUT2D eigenvalue weighted by atomic mass is 32.2. The fourth-order valence-corrected chi connectivity index (χ4v) is 5.13. The van der Waals surface area contributed by atoms with Gasteiger partial charge >= 0.3 is 5.97 Å². The van der Waals surface area contributed by atoms with Crippen LogP contribution in [0.2, 0.25) is 0 Å². The number of β-lactam (4-membered cyclic amide) rings is 1. The predicted molar refractivity (Wildman–Crippen MR) is 83.2 cm³/mol. The van der Waals surface area contributed by atoms with E-state index in [-0.39, 0.29) is 25.2 Å². The molecular formula is C14H19N3O6S. The Bertz CT molecular complexity index is 636. The van der Waals surface area contributed by atoms with Gasteiger partial charge in [-0.25, -0.2) is 4.79 Å². The van der Waals surface area contributed by atoms with Gasteiger partial charge in [-0.3, -0.25) is 19.4 Å². The highest BCUT2D eigenvalue weighted by Crippen LogP contribution is 2.50. The summed E-state index contributed by atoms with van der Waals surface area (Å²) in [7, 11) is 0. The Morgan fingerprint density at radius 1 is 1.46 bits per heavy atom. The molecule has 0 aromatic rings. The van der Waals surface area contributed by atoms with E-state index in [2.05, 4.69) is 0 Å². The Labute approximate surface area is 142 Å². The maximum Gasteiger partial charge on any atom is 0.353 e. The van der Waals surface area contributed by atoms with Crippen LogP contribution in [0.4, 0.5) is 0 Å². The Balaban J connectivity index is 1.84. The summed E-state index contributed by atoms with van der Waals surface area (Å²) in [6.07, 6.45) is -1.36. The van der Waals surface area contributed by atoms with Crippen LogP contribution in [-0.2, 0) is 14.4 Å². The number of hydrogen-bond donors (Lipinski definition) is 4. The van der Waals surface area contributed by atoms with Crippen LogP contribution in [0.25, 0.3) is 0 Å². The molecule has 10 heteroatoms. The molecule has 2 amide bonds. The first-order valence-corrected chi connectivity index (χ1v) is 8.46. The van der Waals surface area contributed by atoms with Crippen LogP contribution < -0.4 is 5.73 Å². The maximum atomic E-state index is 12.1. The van der Waals surface area contributed by atoms with Crippen LogP contribution in [-0.4, -0.2) is 79.6 Å². The molecule has 0 aromatic heterocycles. The van der Waals surface area contributed by atoms with E-state index in [9.17, 15) is 29.7 Å². The first kappa shape index (κ1) is 17.2. The van der Waals surface area contributed by atoms with Crippen LogP contribution in [0.5, 0.6) is 0 Å². The third-order valence-corrected chi connectivity index (χ3v) is 5.98. The highest BCUT2D eigenvalue weighted by molar-refractivity contribution is 8.04. The fraction of sp³-hybridized carbons (Fsp3) is 0.643. The SMILES string of the molecule is CC(O)[C@H]1C(=O)N2C(C(=O)O)=C(CN3C[C@H](O)C[C@@H]3C(N)=O)S[C@H]12. The number of rotatable bonds is 5. The lowest BCUT2D eigenvalue weighted by atomic mass is 9.92. The van der Waals surface area contributed by atoms with Crippen LogP contribution in [0, 0.1) is 5.92 Å². The van der Waals surface area contributed by atoms with Crippen LogP contribution in [0.3, 0.4) is 0 Å². The smallest absolute Gasteiger partial charge is 0.353 e. The van der Waals surface area contributed by atoms with Gasteiger partial charge in [0, 0.05) is 18.0 Å². The summed E-state index contributed by atoms with van der Waals surface area (Å²) in [6.45, 7) is 1.83. The largest absolute Gasteiger partial charge is 0.477 e. The second-order valence-corrected chi connectivity index (χ2v) is 7.51. The van der Waals surface area contributed by atoms with Crippen LogP contribution in [0.1, 0.15) is 13.3 Å². The van der Waals surface area contributed by atoms with E-state index in [0.717, 1.165) is 0 Å². The van der Waals surface area contributed by atoms with Crippen molar-refractivity contribution in [1.82, 2.24) is 9.80 Å². The molecule has 5 N–H and O–H groups in total. The molecule has 1 unspecified atom stereocenters. The van der Waals surface area contributed by atoms with Gasteiger partial charge in [0.1, 0.15) is 11.1 Å². The minimum atomic E-state index is -1.23. The summed E-state index contributed by atoms with van der Waals surface area (Å²) in [5.74, 6) is -2.86. The Morgan fingerprint density at radius 3 is 2.67 bits per heavy atom. The molecule has 9 nitrogen and oxygen atoms in total. The van der Waals surface area contributed by atoms with E-state index in [1.54, 1.807) is 4.90 Å². The molecule has 3 heterocycles. The summed E-state index contributed by atoms with van der Waals surface area (Å²) in [5.41, 5.74) is 5.23. The number of nitrogens with two attached hydrogens (primary N) is 1. The summed E-state index contributed by atoms with van der Waals surface area (Å²) in [6, 6.07) is -0.667. The number of carbonyl (C=O) groups is 3. The number of carboxylic acid groups (broad SMARTS) is 1. The standard InChI is InChI=1S/C14H19N3O6S/c1-5(18)9-12(21)17-10(14(22)23)8(24-13(9)17)4-16-3-6(19)2-7(16)11(15)20/h5-7,9,13,18-19H,2-4H2,1H3,(H2,15,20)(H,22,23)/t5?,6-,7-,9+,13-/m1/s1. The average molecular weight is 357 g/mol. The van der Waals surface area contributed by atoms with Gasteiger partial charge < -0.3 is 21.1 Å². The Hall–Kier alpha value is -1.62. The van der Waals surface area contributed by atoms with Crippen LogP contribution >= 0.6 is 11.8 Å². The van der Waals surface area contributed by atoms with Gasteiger partial charge in [-0.2, -0.15) is 0 Å². The second-order valence-electron chi connectivity index (χ2n) is 6.30. The molecule has 0 bridgehead atoms. The zero-order valence-electron chi connectivity index (χ0n) is 13.0. The molecule has 132 valence electrons. The number of carboxylic acids is 1. The molecule has 2 saturated heterocycles. The number of β-amino-alcohol motifs (C(OH)–C–C–N with tert-alkyl or cyclic N) is 1. The zero-order valence-corrected chi connectivity index (χ0v) is 13.8. The lowest BCUT2D eigenvalue weighted by molar-refractivity contribution is -0.156. The molecule has 3 aliphatic rings. The number of primary amides is 1. The molecule has 24 heavy (non-hydrogen) atoms. The Morgan fingerprint density at radius 2 is 2.12 bits per heavy atom. The number of aliphatic hydroxyl groups is 2. The van der Waals surface area contributed by atoms with Crippen molar-refractivity contribution in [2.75, 3.05) is 13.1 Å². The van der Waals surface area contributed by atoms with E-state index in [0.29, 0.717) is 4.91 Å². The van der Waals surface area contributed by atoms with Crippen molar-refractivity contribution < 1.29 is 29.7 Å². The van der Waals surface area contributed by atoms with Crippen molar-refractivity contribution in [3.05, 3.63) is 10.6 Å². The molecule has 3 aliphatic heterocycles. The lowest BCUT2D eigenvalue weighted by Crippen LogP contribution is -2.60. The number of aliphatic carboxylic acids is 1. The van der Waals surface area contributed by atoms with Crippen molar-refractivity contribution in [3.8, 4) is 0 Å². The number of likely N-dealkylation sites (tertiary alicyclic amines) is 1. The minimum Gasteiger partial charge on any atom is -0.477 e. The first-order valence-electron chi connectivity index (χ1n) is 7.58. The lowest BCUT2D eigenvalue weighted by Gasteiger charge is -2.43. The van der Waals surface area contributed by atoms with Gasteiger partial charge in [-0.1, -0.05) is 0 Å². The third-order valence-electron chi connectivity index (χ3n) is 4.63. The number of amides is 2. The van der Waals surface area contributed by atoms with E-state index < -0.39 is 47.3 Å². The van der Waals surface area contributed by atoms with Crippen molar-refractivity contribution in [1.29, 1.82) is 0 Å². The molecule has 2 fully saturated rings.